The van der Waals surface area contributed by atoms with Crippen molar-refractivity contribution in [2.75, 3.05) is 7.11 Å². The molecule has 1 atom stereocenters. The number of ketones is 1. The lowest BCUT2D eigenvalue weighted by molar-refractivity contribution is -0.140. The summed E-state index contributed by atoms with van der Waals surface area (Å²) in [6.07, 6.45) is 3.42. The Balaban J connectivity index is 1.70. The summed E-state index contributed by atoms with van der Waals surface area (Å²) in [6.45, 7) is 0.124. The van der Waals surface area contributed by atoms with Crippen LogP contribution in [0.25, 0.3) is 16.7 Å². The highest BCUT2D eigenvalue weighted by molar-refractivity contribution is 9.10. The number of para-hydroxylation sites is 1. The van der Waals surface area contributed by atoms with Crippen molar-refractivity contribution in [3.8, 4) is 5.75 Å². The molecular formula is C26H20BrN3O4. The van der Waals surface area contributed by atoms with E-state index in [0.29, 0.717) is 21.5 Å². The maximum absolute atomic E-state index is 13.3. The number of carbonyl (C=O) groups is 2. The zero-order chi connectivity index (χ0) is 23.8. The number of aliphatic hydroxyl groups excluding tert-OH is 1. The average Bonchev–Trinajstić information content (AvgIpc) is 3.38. The van der Waals surface area contributed by atoms with Gasteiger partial charge in [-0.15, -0.1) is 0 Å². The second-order valence-corrected chi connectivity index (χ2v) is 8.74. The number of fused-ring (bicyclic) bond motifs is 1. The fraction of sp³-hybridized carbons (Fsp3) is 0.115. The van der Waals surface area contributed by atoms with Crippen LogP contribution < -0.4 is 4.74 Å². The van der Waals surface area contributed by atoms with Crippen molar-refractivity contribution in [2.45, 2.75) is 12.6 Å². The van der Waals surface area contributed by atoms with E-state index in [2.05, 4.69) is 25.9 Å². The highest BCUT2D eigenvalue weighted by atomic mass is 79.9. The van der Waals surface area contributed by atoms with Crippen molar-refractivity contribution in [2.24, 2.45) is 0 Å². The fourth-order valence-corrected chi connectivity index (χ4v) is 4.86. The number of halogens is 1. The number of ether oxygens (including phenoxy) is 1. The van der Waals surface area contributed by atoms with Gasteiger partial charge in [0.2, 0.25) is 0 Å². The number of rotatable bonds is 5. The van der Waals surface area contributed by atoms with Crippen LogP contribution in [-0.2, 0) is 16.1 Å². The molecule has 4 aromatic rings. The minimum Gasteiger partial charge on any atom is -0.507 e. The van der Waals surface area contributed by atoms with Gasteiger partial charge in [0.1, 0.15) is 11.5 Å². The molecule has 1 aliphatic rings. The van der Waals surface area contributed by atoms with Gasteiger partial charge in [-0.1, -0.05) is 24.3 Å². The van der Waals surface area contributed by atoms with Gasteiger partial charge in [0.05, 0.1) is 35.4 Å². The number of pyridine rings is 1. The summed E-state index contributed by atoms with van der Waals surface area (Å²) in [7, 11) is 1.54. The Kier molecular flexibility index (Phi) is 5.67. The first kappa shape index (κ1) is 21.9. The number of Topliss-reactive ketones (excluding diaryl/α,β-unsaturated/α-hetero) is 1. The van der Waals surface area contributed by atoms with Crippen LogP contribution in [0.3, 0.4) is 0 Å². The third-order valence-corrected chi connectivity index (χ3v) is 6.56. The van der Waals surface area contributed by atoms with Crippen LogP contribution >= 0.6 is 15.9 Å². The van der Waals surface area contributed by atoms with Crippen LogP contribution in [0.15, 0.2) is 83.1 Å². The van der Waals surface area contributed by atoms with Gasteiger partial charge >= 0.3 is 0 Å². The molecule has 8 heteroatoms. The lowest BCUT2D eigenvalue weighted by atomic mass is 9.95. The first-order valence-electron chi connectivity index (χ1n) is 10.6. The number of carbonyl (C=O) groups excluding carboxylic acids is 2. The summed E-state index contributed by atoms with van der Waals surface area (Å²) in [4.78, 5) is 35.5. The summed E-state index contributed by atoms with van der Waals surface area (Å²) in [5, 5.41) is 12.2. The molecule has 0 radical (unpaired) electrons. The van der Waals surface area contributed by atoms with E-state index in [4.69, 9.17) is 4.74 Å². The lowest BCUT2D eigenvalue weighted by Gasteiger charge is -2.24. The van der Waals surface area contributed by atoms with Crippen molar-refractivity contribution >= 4 is 44.3 Å². The standard InChI is InChI=1S/C26H20BrN3O4/c1-34-21-10-9-15(12-19(21)27)24(31)22-23(18-13-29-20-8-3-2-7-17(18)20)30(26(33)25(22)32)14-16-6-4-5-11-28-16/h2-13,23,29,31H,14H2,1H3/b24-22+. The monoisotopic (exact) mass is 517 g/mol. The molecule has 0 saturated carbocycles. The van der Waals surface area contributed by atoms with E-state index in [0.717, 1.165) is 16.5 Å². The average molecular weight is 518 g/mol. The maximum atomic E-state index is 13.3. The largest absolute Gasteiger partial charge is 0.507 e. The molecule has 34 heavy (non-hydrogen) atoms. The van der Waals surface area contributed by atoms with Crippen LogP contribution in [-0.4, -0.2) is 38.8 Å². The number of benzene rings is 2. The van der Waals surface area contributed by atoms with Crippen LogP contribution in [0.2, 0.25) is 0 Å². The van der Waals surface area contributed by atoms with Gasteiger partial charge in [0.25, 0.3) is 11.7 Å². The normalized spacial score (nSPS) is 17.5. The Bertz CT molecular complexity index is 1440. The quantitative estimate of drug-likeness (QED) is 0.221. The molecule has 3 heterocycles. The predicted molar refractivity (Wildman–Crippen MR) is 131 cm³/mol. The molecule has 0 spiro atoms. The third kappa shape index (κ3) is 3.66. The van der Waals surface area contributed by atoms with Crippen LogP contribution in [0.1, 0.15) is 22.9 Å². The number of aliphatic hydroxyl groups is 1. The Morgan fingerprint density at radius 2 is 1.94 bits per heavy atom. The Hall–Kier alpha value is -3.91. The molecule has 1 unspecified atom stereocenters. The van der Waals surface area contributed by atoms with E-state index in [1.165, 1.54) is 4.90 Å². The molecule has 2 aromatic carbocycles. The van der Waals surface area contributed by atoms with Gasteiger partial charge in [-0.2, -0.15) is 0 Å². The minimum atomic E-state index is -0.793. The van der Waals surface area contributed by atoms with Crippen molar-refractivity contribution in [3.05, 3.63) is 99.9 Å². The first-order valence-corrected chi connectivity index (χ1v) is 11.4. The summed E-state index contributed by atoms with van der Waals surface area (Å²) in [5.74, 6) is -1.09. The van der Waals surface area contributed by atoms with E-state index in [1.807, 2.05) is 30.3 Å². The van der Waals surface area contributed by atoms with Crippen molar-refractivity contribution in [3.63, 3.8) is 0 Å². The van der Waals surface area contributed by atoms with Crippen LogP contribution in [0.4, 0.5) is 0 Å². The second kappa shape index (κ2) is 8.79. The number of hydrogen-bond acceptors (Lipinski definition) is 5. The molecule has 0 bridgehead atoms. The van der Waals surface area contributed by atoms with Crippen molar-refractivity contribution in [1.29, 1.82) is 0 Å². The van der Waals surface area contributed by atoms with Gasteiger partial charge in [-0.3, -0.25) is 14.6 Å². The molecule has 1 aliphatic heterocycles. The van der Waals surface area contributed by atoms with E-state index in [1.54, 1.807) is 49.8 Å². The third-order valence-electron chi connectivity index (χ3n) is 5.94. The van der Waals surface area contributed by atoms with Gasteiger partial charge in [0, 0.05) is 34.4 Å². The Morgan fingerprint density at radius 3 is 2.68 bits per heavy atom. The van der Waals surface area contributed by atoms with Crippen LogP contribution in [0, 0.1) is 0 Å². The zero-order valence-electron chi connectivity index (χ0n) is 18.2. The zero-order valence-corrected chi connectivity index (χ0v) is 19.7. The SMILES string of the molecule is COc1ccc(/C(O)=C2\C(=O)C(=O)N(Cc3ccccn3)C2c2c[nH]c3ccccc23)cc1Br. The van der Waals surface area contributed by atoms with Crippen molar-refractivity contribution in [1.82, 2.24) is 14.9 Å². The van der Waals surface area contributed by atoms with E-state index < -0.39 is 17.7 Å². The highest BCUT2D eigenvalue weighted by Crippen LogP contribution is 2.43. The smallest absolute Gasteiger partial charge is 0.296 e. The Labute approximate surface area is 203 Å². The number of nitrogens with one attached hydrogen (secondary N) is 1. The first-order chi connectivity index (χ1) is 16.5. The molecule has 0 aliphatic carbocycles. The van der Waals surface area contributed by atoms with Crippen LogP contribution in [0.5, 0.6) is 5.75 Å². The number of hydrogen-bond donors (Lipinski definition) is 2. The maximum Gasteiger partial charge on any atom is 0.296 e. The molecule has 1 amide bonds. The van der Waals surface area contributed by atoms with Crippen molar-refractivity contribution < 1.29 is 19.4 Å². The molecule has 5 rings (SSSR count). The molecule has 2 N–H and O–H groups in total. The van der Waals surface area contributed by atoms with Gasteiger partial charge < -0.3 is 19.7 Å². The number of H-pyrrole nitrogens is 1. The molecular weight excluding hydrogens is 498 g/mol. The van der Waals surface area contributed by atoms with E-state index in [-0.39, 0.29) is 17.9 Å². The number of aromatic amines is 1. The van der Waals surface area contributed by atoms with Gasteiger partial charge in [-0.25, -0.2) is 0 Å². The number of likely N-dealkylation sites (tertiary alicyclic amines) is 1. The predicted octanol–water partition coefficient (Wildman–Crippen LogP) is 4.96. The number of nitrogens with zero attached hydrogens (tertiary/aromatic N) is 2. The molecule has 170 valence electrons. The summed E-state index contributed by atoms with van der Waals surface area (Å²) in [5.41, 5.74) is 2.66. The summed E-state index contributed by atoms with van der Waals surface area (Å²) in [6, 6.07) is 17.3. The second-order valence-electron chi connectivity index (χ2n) is 7.89. The molecule has 7 nitrogen and oxygen atoms in total. The minimum absolute atomic E-state index is 0.0303. The number of methoxy groups -OCH3 is 1. The lowest BCUT2D eigenvalue weighted by Crippen LogP contribution is -2.29. The number of amides is 1. The highest BCUT2D eigenvalue weighted by Gasteiger charge is 2.47. The van der Waals surface area contributed by atoms with E-state index >= 15 is 0 Å². The molecule has 1 fully saturated rings. The Morgan fingerprint density at radius 1 is 1.15 bits per heavy atom. The fourth-order valence-electron chi connectivity index (χ4n) is 4.32. The molecule has 1 saturated heterocycles. The van der Waals surface area contributed by atoms with E-state index in [9.17, 15) is 14.7 Å². The topological polar surface area (TPSA) is 95.5 Å². The number of aromatic nitrogens is 2. The summed E-state index contributed by atoms with van der Waals surface area (Å²) < 4.78 is 5.89. The van der Waals surface area contributed by atoms with Gasteiger partial charge in [0.15, 0.2) is 0 Å². The molecule has 2 aromatic heterocycles. The summed E-state index contributed by atoms with van der Waals surface area (Å²) >= 11 is 3.42. The van der Waals surface area contributed by atoms with Gasteiger partial charge in [-0.05, 0) is 52.3 Å².